The fourth-order valence-corrected chi connectivity index (χ4v) is 1.58. The SMILES string of the molecule is CN(C(=O)c1cc(F)c(F)cc1N)c1ccccn1. The van der Waals surface area contributed by atoms with Crippen LogP contribution < -0.4 is 10.6 Å². The van der Waals surface area contributed by atoms with Gasteiger partial charge in [0.2, 0.25) is 0 Å². The second kappa shape index (κ2) is 5.01. The Balaban J connectivity index is 2.37. The van der Waals surface area contributed by atoms with Crippen LogP contribution >= 0.6 is 0 Å². The maximum atomic E-state index is 13.2. The summed E-state index contributed by atoms with van der Waals surface area (Å²) in [7, 11) is 1.48. The molecule has 2 N–H and O–H groups in total. The third kappa shape index (κ3) is 2.52. The number of hydrogen-bond acceptors (Lipinski definition) is 3. The first-order chi connectivity index (χ1) is 9.00. The summed E-state index contributed by atoms with van der Waals surface area (Å²) in [5.41, 5.74) is 5.31. The monoisotopic (exact) mass is 263 g/mol. The highest BCUT2D eigenvalue weighted by Gasteiger charge is 2.19. The van der Waals surface area contributed by atoms with Gasteiger partial charge in [-0.15, -0.1) is 0 Å². The number of carbonyl (C=O) groups is 1. The van der Waals surface area contributed by atoms with E-state index >= 15 is 0 Å². The van der Waals surface area contributed by atoms with Gasteiger partial charge in [0.15, 0.2) is 11.6 Å². The number of pyridine rings is 1. The molecule has 1 amide bonds. The zero-order valence-electron chi connectivity index (χ0n) is 10.1. The van der Waals surface area contributed by atoms with E-state index in [4.69, 9.17) is 5.73 Å². The number of nitrogens with zero attached hydrogens (tertiary/aromatic N) is 2. The minimum atomic E-state index is -1.12. The number of hydrogen-bond donors (Lipinski definition) is 1. The van der Waals surface area contributed by atoms with Crippen LogP contribution in [0, 0.1) is 11.6 Å². The molecule has 0 atom stereocenters. The fraction of sp³-hybridized carbons (Fsp3) is 0.0769. The molecule has 0 unspecified atom stereocenters. The third-order valence-corrected chi connectivity index (χ3v) is 2.62. The van der Waals surface area contributed by atoms with Crippen molar-refractivity contribution in [3.8, 4) is 0 Å². The molecule has 0 aliphatic heterocycles. The third-order valence-electron chi connectivity index (χ3n) is 2.62. The molecule has 1 aromatic carbocycles. The minimum Gasteiger partial charge on any atom is -0.398 e. The molecule has 2 aromatic rings. The van der Waals surface area contributed by atoms with Gasteiger partial charge in [-0.05, 0) is 18.2 Å². The maximum absolute atomic E-state index is 13.2. The van der Waals surface area contributed by atoms with Gasteiger partial charge in [-0.25, -0.2) is 13.8 Å². The van der Waals surface area contributed by atoms with E-state index in [2.05, 4.69) is 4.98 Å². The van der Waals surface area contributed by atoms with Gasteiger partial charge in [-0.1, -0.05) is 6.07 Å². The van der Waals surface area contributed by atoms with Crippen molar-refractivity contribution < 1.29 is 13.6 Å². The summed E-state index contributed by atoms with van der Waals surface area (Å²) in [6.07, 6.45) is 1.52. The molecule has 2 rings (SSSR count). The van der Waals surface area contributed by atoms with Crippen molar-refractivity contribution in [2.24, 2.45) is 0 Å². The Bertz CT molecular complexity index is 617. The Labute approximate surface area is 108 Å². The average Bonchev–Trinajstić information content (AvgIpc) is 2.42. The molecule has 0 bridgehead atoms. The molecule has 0 aliphatic rings. The molecule has 0 saturated heterocycles. The predicted octanol–water partition coefficient (Wildman–Crippen LogP) is 2.22. The zero-order valence-corrected chi connectivity index (χ0v) is 10.1. The predicted molar refractivity (Wildman–Crippen MR) is 67.7 cm³/mol. The standard InChI is InChI=1S/C13H11F2N3O/c1-18(12-4-2-3-5-17-12)13(19)8-6-9(14)10(15)7-11(8)16/h2-7H,16H2,1H3. The Morgan fingerprint density at radius 2 is 1.95 bits per heavy atom. The second-order valence-electron chi connectivity index (χ2n) is 3.91. The van der Waals surface area contributed by atoms with Gasteiger partial charge in [0.1, 0.15) is 5.82 Å². The molecule has 1 aromatic heterocycles. The van der Waals surface area contributed by atoms with E-state index < -0.39 is 17.5 Å². The molecule has 0 spiro atoms. The van der Waals surface area contributed by atoms with E-state index in [-0.39, 0.29) is 11.3 Å². The number of carbonyl (C=O) groups excluding carboxylic acids is 1. The van der Waals surface area contributed by atoms with Crippen molar-refractivity contribution in [1.29, 1.82) is 0 Å². The van der Waals surface area contributed by atoms with Gasteiger partial charge < -0.3 is 5.73 Å². The number of anilines is 2. The number of nitrogens with two attached hydrogens (primary N) is 1. The van der Waals surface area contributed by atoms with Crippen LogP contribution in [0.2, 0.25) is 0 Å². The molecular weight excluding hydrogens is 252 g/mol. The van der Waals surface area contributed by atoms with E-state index in [1.165, 1.54) is 18.1 Å². The van der Waals surface area contributed by atoms with Crippen molar-refractivity contribution >= 4 is 17.4 Å². The highest BCUT2D eigenvalue weighted by Crippen LogP contribution is 2.20. The first kappa shape index (κ1) is 12.9. The lowest BCUT2D eigenvalue weighted by molar-refractivity contribution is 0.0992. The van der Waals surface area contributed by atoms with Crippen LogP contribution in [0.15, 0.2) is 36.5 Å². The molecule has 6 heteroatoms. The molecule has 4 nitrogen and oxygen atoms in total. The minimum absolute atomic E-state index is 0.105. The number of amides is 1. The van der Waals surface area contributed by atoms with Gasteiger partial charge in [0.05, 0.1) is 5.56 Å². The Kier molecular flexibility index (Phi) is 3.41. The molecule has 0 aliphatic carbocycles. The summed E-state index contributed by atoms with van der Waals surface area (Å²) >= 11 is 0. The highest BCUT2D eigenvalue weighted by molar-refractivity contribution is 6.08. The molecule has 19 heavy (non-hydrogen) atoms. The van der Waals surface area contributed by atoms with Crippen molar-refractivity contribution in [3.05, 3.63) is 53.7 Å². The molecular formula is C13H11F2N3O. The quantitative estimate of drug-likeness (QED) is 0.845. The smallest absolute Gasteiger partial charge is 0.261 e. The number of rotatable bonds is 2. The molecule has 0 saturated carbocycles. The summed E-state index contributed by atoms with van der Waals surface area (Å²) in [6.45, 7) is 0. The average molecular weight is 263 g/mol. The number of benzene rings is 1. The van der Waals surface area contributed by atoms with Crippen LogP contribution in [-0.4, -0.2) is 17.9 Å². The highest BCUT2D eigenvalue weighted by atomic mass is 19.2. The van der Waals surface area contributed by atoms with Crippen molar-refractivity contribution in [3.63, 3.8) is 0 Å². The summed E-state index contributed by atoms with van der Waals surface area (Å²) in [6, 6.07) is 6.60. The maximum Gasteiger partial charge on any atom is 0.261 e. The van der Waals surface area contributed by atoms with E-state index in [0.29, 0.717) is 5.82 Å². The van der Waals surface area contributed by atoms with Crippen LogP contribution in [0.5, 0.6) is 0 Å². The summed E-state index contributed by atoms with van der Waals surface area (Å²) in [4.78, 5) is 17.3. The Hall–Kier alpha value is -2.50. The van der Waals surface area contributed by atoms with Gasteiger partial charge >= 0.3 is 0 Å². The summed E-state index contributed by atoms with van der Waals surface area (Å²) in [5, 5.41) is 0. The van der Waals surface area contributed by atoms with Crippen LogP contribution in [0.3, 0.4) is 0 Å². The largest absolute Gasteiger partial charge is 0.398 e. The lowest BCUT2D eigenvalue weighted by Gasteiger charge is -2.17. The molecule has 0 radical (unpaired) electrons. The van der Waals surface area contributed by atoms with Crippen LogP contribution in [0.25, 0.3) is 0 Å². The van der Waals surface area contributed by atoms with Crippen molar-refractivity contribution in [2.75, 3.05) is 17.7 Å². The van der Waals surface area contributed by atoms with Gasteiger partial charge in [0, 0.05) is 25.0 Å². The van der Waals surface area contributed by atoms with Crippen LogP contribution in [0.1, 0.15) is 10.4 Å². The molecule has 98 valence electrons. The topological polar surface area (TPSA) is 59.2 Å². The number of aromatic nitrogens is 1. The van der Waals surface area contributed by atoms with E-state index in [1.807, 2.05) is 0 Å². The van der Waals surface area contributed by atoms with Crippen LogP contribution in [-0.2, 0) is 0 Å². The Morgan fingerprint density at radius 3 is 2.58 bits per heavy atom. The summed E-state index contributed by atoms with van der Waals surface area (Å²) < 4.78 is 26.1. The van der Waals surface area contributed by atoms with E-state index in [1.54, 1.807) is 18.2 Å². The van der Waals surface area contributed by atoms with Crippen LogP contribution in [0.4, 0.5) is 20.3 Å². The van der Waals surface area contributed by atoms with Gasteiger partial charge in [-0.2, -0.15) is 0 Å². The van der Waals surface area contributed by atoms with E-state index in [9.17, 15) is 13.6 Å². The second-order valence-corrected chi connectivity index (χ2v) is 3.91. The lowest BCUT2D eigenvalue weighted by Crippen LogP contribution is -2.28. The van der Waals surface area contributed by atoms with Gasteiger partial charge in [0.25, 0.3) is 5.91 Å². The zero-order chi connectivity index (χ0) is 14.0. The van der Waals surface area contributed by atoms with Gasteiger partial charge in [-0.3, -0.25) is 9.69 Å². The molecule has 0 fully saturated rings. The Morgan fingerprint density at radius 1 is 1.26 bits per heavy atom. The first-order valence-corrected chi connectivity index (χ1v) is 5.44. The first-order valence-electron chi connectivity index (χ1n) is 5.44. The fourth-order valence-electron chi connectivity index (χ4n) is 1.58. The normalized spacial score (nSPS) is 10.3. The number of halogens is 2. The van der Waals surface area contributed by atoms with Crippen molar-refractivity contribution in [1.82, 2.24) is 4.98 Å². The lowest BCUT2D eigenvalue weighted by atomic mass is 10.1. The van der Waals surface area contributed by atoms with E-state index in [0.717, 1.165) is 12.1 Å². The van der Waals surface area contributed by atoms with Crippen molar-refractivity contribution in [2.45, 2.75) is 0 Å². The summed E-state index contributed by atoms with van der Waals surface area (Å²) in [5.74, 6) is -2.38. The number of nitrogen functional groups attached to an aromatic ring is 1. The molecule has 1 heterocycles.